The molecule has 2 N–H and O–H groups in total. The van der Waals surface area contributed by atoms with Crippen LogP contribution in [0.1, 0.15) is 80.9 Å². The predicted molar refractivity (Wildman–Crippen MR) is 153 cm³/mol. The molecule has 1 unspecified atom stereocenters. The summed E-state index contributed by atoms with van der Waals surface area (Å²) < 4.78 is 1.48. The van der Waals surface area contributed by atoms with Gasteiger partial charge in [0.25, 0.3) is 0 Å². The summed E-state index contributed by atoms with van der Waals surface area (Å²) in [6, 6.07) is 18.8. The summed E-state index contributed by atoms with van der Waals surface area (Å²) in [6.07, 6.45) is 12.8. The van der Waals surface area contributed by atoms with E-state index in [4.69, 9.17) is 5.11 Å². The van der Waals surface area contributed by atoms with Crippen LogP contribution in [0.4, 0.5) is 0 Å². The average Bonchev–Trinajstić information content (AvgIpc) is 3.37. The van der Waals surface area contributed by atoms with Gasteiger partial charge in [-0.05, 0) is 65.6 Å². The molecule has 3 rings (SSSR count). The second kappa shape index (κ2) is 17.4. The molecular weight excluding hydrogens is 512 g/mol. The lowest BCUT2D eigenvalue weighted by Gasteiger charge is -2.15. The number of carbonyl (C=O) groups is 2. The van der Waals surface area contributed by atoms with Crippen LogP contribution < -0.4 is 0 Å². The van der Waals surface area contributed by atoms with E-state index in [1.165, 1.54) is 67.2 Å². The number of unbranched alkanes of at least 4 members (excludes halogenated alkanes) is 7. The molecule has 1 heterocycles. The van der Waals surface area contributed by atoms with Crippen LogP contribution >= 0.6 is 11.8 Å². The molecule has 2 aromatic carbocycles. The third kappa shape index (κ3) is 11.6. The van der Waals surface area contributed by atoms with E-state index in [0.717, 1.165) is 30.2 Å². The maximum atomic E-state index is 12.1. The molecule has 9 heteroatoms. The van der Waals surface area contributed by atoms with Gasteiger partial charge in [0.2, 0.25) is 5.16 Å². The van der Waals surface area contributed by atoms with Gasteiger partial charge >= 0.3 is 11.9 Å². The Hall–Kier alpha value is -3.20. The largest absolute Gasteiger partial charge is 0.481 e. The van der Waals surface area contributed by atoms with E-state index in [9.17, 15) is 14.7 Å². The van der Waals surface area contributed by atoms with Crippen molar-refractivity contribution in [2.24, 2.45) is 0 Å². The zero-order valence-corrected chi connectivity index (χ0v) is 23.4. The van der Waals surface area contributed by atoms with Crippen molar-refractivity contribution in [3.8, 4) is 0 Å². The Kier molecular flexibility index (Phi) is 13.5. The fourth-order valence-corrected chi connectivity index (χ4v) is 5.61. The zero-order chi connectivity index (χ0) is 27.7. The van der Waals surface area contributed by atoms with Crippen molar-refractivity contribution < 1.29 is 19.8 Å². The minimum absolute atomic E-state index is 0.00839. The van der Waals surface area contributed by atoms with Crippen LogP contribution in [0, 0.1) is 0 Å². The average molecular weight is 553 g/mol. The number of benzene rings is 2. The van der Waals surface area contributed by atoms with Gasteiger partial charge in [-0.2, -0.15) is 0 Å². The van der Waals surface area contributed by atoms with Gasteiger partial charge in [0.1, 0.15) is 5.25 Å². The monoisotopic (exact) mass is 552 g/mol. The highest BCUT2D eigenvalue weighted by molar-refractivity contribution is 8.00. The molecule has 1 atom stereocenters. The Balaban J connectivity index is 1.37. The summed E-state index contributed by atoms with van der Waals surface area (Å²) in [6.45, 7) is 0.332. The normalized spacial score (nSPS) is 11.9. The molecule has 3 aromatic rings. The first-order valence-electron chi connectivity index (χ1n) is 14.0. The van der Waals surface area contributed by atoms with Crippen molar-refractivity contribution in [3.05, 3.63) is 71.3 Å². The summed E-state index contributed by atoms with van der Waals surface area (Å²) in [5.74, 6) is -1.80. The summed E-state index contributed by atoms with van der Waals surface area (Å²) in [5.41, 5.74) is 3.67. The van der Waals surface area contributed by atoms with E-state index in [1.807, 2.05) is 18.2 Å². The third-order valence-electron chi connectivity index (χ3n) is 6.81. The molecule has 1 aromatic heterocycles. The highest BCUT2D eigenvalue weighted by Crippen LogP contribution is 2.26. The Labute approximate surface area is 235 Å². The number of thioether (sulfide) groups is 1. The summed E-state index contributed by atoms with van der Waals surface area (Å²) in [4.78, 5) is 22.9. The second-order valence-corrected chi connectivity index (χ2v) is 11.1. The van der Waals surface area contributed by atoms with Crippen molar-refractivity contribution >= 4 is 23.7 Å². The molecule has 0 aliphatic rings. The molecule has 39 heavy (non-hydrogen) atoms. The number of carboxylic acids is 2. The molecule has 0 bridgehead atoms. The molecule has 8 nitrogen and oxygen atoms in total. The molecular formula is C30H40N4O4S. The number of hydrogen-bond donors (Lipinski definition) is 2. The van der Waals surface area contributed by atoms with Crippen molar-refractivity contribution in [3.63, 3.8) is 0 Å². The first kappa shape index (κ1) is 30.3. The van der Waals surface area contributed by atoms with E-state index >= 15 is 0 Å². The van der Waals surface area contributed by atoms with Crippen molar-refractivity contribution in [2.75, 3.05) is 0 Å². The lowest BCUT2D eigenvalue weighted by Crippen LogP contribution is -2.21. The first-order chi connectivity index (χ1) is 19.0. The zero-order valence-electron chi connectivity index (χ0n) is 22.6. The minimum atomic E-state index is -0.918. The molecule has 0 saturated heterocycles. The fourth-order valence-electron chi connectivity index (χ4n) is 4.66. The number of hydrogen-bond acceptors (Lipinski definition) is 6. The molecule has 0 aliphatic heterocycles. The highest BCUT2D eigenvalue weighted by atomic mass is 32.2. The number of carboxylic acid groups (broad SMARTS) is 2. The Morgan fingerprint density at radius 3 is 2.05 bits per heavy atom. The number of rotatable bonds is 20. The molecule has 0 aliphatic carbocycles. The smallest absolute Gasteiger partial charge is 0.317 e. The standard InChI is InChI=1S/C30H40N4O4S/c35-28(36)21-14-22-34-30(31-32-33-34)39-27(29(37)38)23-26-20-13-12-19-25(26)18-11-6-4-2-1-3-5-8-15-24-16-9-7-10-17-24/h7,9-10,12-13,16-17,19-20,27H,1-6,8,11,14-15,18,21-23H2,(H,35,36)(H,37,38). The number of aliphatic carboxylic acids is 2. The SMILES string of the molecule is O=C(O)CCCn1nnnc1SC(Cc1ccccc1CCCCCCCCCCc1ccccc1)C(=O)O. The second-order valence-electron chi connectivity index (χ2n) is 9.91. The maximum Gasteiger partial charge on any atom is 0.317 e. The predicted octanol–water partition coefficient (Wildman–Crippen LogP) is 6.23. The van der Waals surface area contributed by atoms with Gasteiger partial charge in [-0.1, -0.05) is 105 Å². The molecule has 0 spiro atoms. The Bertz CT molecular complexity index is 1140. The summed E-state index contributed by atoms with van der Waals surface area (Å²) in [7, 11) is 0. The van der Waals surface area contributed by atoms with Crippen LogP contribution in [-0.4, -0.2) is 47.6 Å². The number of tetrazole rings is 1. The van der Waals surface area contributed by atoms with Gasteiger partial charge in [-0.3, -0.25) is 9.59 Å². The van der Waals surface area contributed by atoms with Gasteiger partial charge in [0.05, 0.1) is 0 Å². The van der Waals surface area contributed by atoms with Crippen LogP contribution in [-0.2, 0) is 35.4 Å². The number of aromatic nitrogens is 4. The van der Waals surface area contributed by atoms with E-state index in [-0.39, 0.29) is 6.42 Å². The van der Waals surface area contributed by atoms with E-state index < -0.39 is 17.2 Å². The highest BCUT2D eigenvalue weighted by Gasteiger charge is 2.24. The van der Waals surface area contributed by atoms with Crippen molar-refractivity contribution in [1.29, 1.82) is 0 Å². The number of aryl methyl sites for hydroxylation is 3. The van der Waals surface area contributed by atoms with Gasteiger partial charge in [0, 0.05) is 13.0 Å². The summed E-state index contributed by atoms with van der Waals surface area (Å²) >= 11 is 1.11. The lowest BCUT2D eigenvalue weighted by atomic mass is 9.97. The molecule has 0 radical (unpaired) electrons. The van der Waals surface area contributed by atoms with Crippen LogP contribution in [0.2, 0.25) is 0 Å². The topological polar surface area (TPSA) is 118 Å². The van der Waals surface area contributed by atoms with Crippen LogP contribution in [0.15, 0.2) is 59.8 Å². The third-order valence-corrected chi connectivity index (χ3v) is 7.97. The first-order valence-corrected chi connectivity index (χ1v) is 14.9. The van der Waals surface area contributed by atoms with Crippen LogP contribution in [0.25, 0.3) is 0 Å². The van der Waals surface area contributed by atoms with Crippen LogP contribution in [0.3, 0.4) is 0 Å². The maximum absolute atomic E-state index is 12.1. The van der Waals surface area contributed by atoms with Crippen molar-refractivity contribution in [2.45, 2.75) is 100 Å². The van der Waals surface area contributed by atoms with Gasteiger partial charge in [-0.25, -0.2) is 4.68 Å². The molecule has 0 fully saturated rings. The quantitative estimate of drug-likeness (QED) is 0.125. The lowest BCUT2D eigenvalue weighted by molar-refractivity contribution is -0.137. The Morgan fingerprint density at radius 2 is 1.38 bits per heavy atom. The van der Waals surface area contributed by atoms with Gasteiger partial charge < -0.3 is 10.2 Å². The van der Waals surface area contributed by atoms with Gasteiger partial charge in [0.15, 0.2) is 0 Å². The van der Waals surface area contributed by atoms with Crippen LogP contribution in [0.5, 0.6) is 0 Å². The minimum Gasteiger partial charge on any atom is -0.481 e. The van der Waals surface area contributed by atoms with E-state index in [0.29, 0.717) is 24.5 Å². The fraction of sp³-hybridized carbons (Fsp3) is 0.500. The Morgan fingerprint density at radius 1 is 0.769 bits per heavy atom. The molecule has 0 saturated carbocycles. The van der Waals surface area contributed by atoms with Gasteiger partial charge in [-0.15, -0.1) is 5.10 Å². The van der Waals surface area contributed by atoms with E-state index in [1.54, 1.807) is 0 Å². The number of nitrogens with zero attached hydrogens (tertiary/aromatic N) is 4. The molecule has 0 amide bonds. The summed E-state index contributed by atoms with van der Waals surface area (Å²) in [5, 5.41) is 29.9. The van der Waals surface area contributed by atoms with E-state index in [2.05, 4.69) is 51.9 Å². The molecule has 210 valence electrons. The van der Waals surface area contributed by atoms with Crippen molar-refractivity contribution in [1.82, 2.24) is 20.2 Å².